The molecule has 0 amide bonds. The van der Waals surface area contributed by atoms with E-state index in [1.165, 1.54) is 0 Å². The van der Waals surface area contributed by atoms with Crippen molar-refractivity contribution < 1.29 is 22.1 Å². The molecule has 0 spiro atoms. The highest BCUT2D eigenvalue weighted by molar-refractivity contribution is 7.92. The standard InChI is InChI=1S/C12H8F2N2O4S/c13-10-2-1-3-11(14)12(10)15-21(19,20)9-6-4-8(5-7-9)16(17)18/h1-7,15H. The number of sulfonamides is 1. The van der Waals surface area contributed by atoms with E-state index in [1.807, 2.05) is 0 Å². The first kappa shape index (κ1) is 14.9. The maximum Gasteiger partial charge on any atom is 0.269 e. The zero-order valence-corrected chi connectivity index (χ0v) is 11.1. The van der Waals surface area contributed by atoms with Crippen molar-refractivity contribution in [1.29, 1.82) is 0 Å². The molecular formula is C12H8F2N2O4S. The van der Waals surface area contributed by atoms with Crippen molar-refractivity contribution in [3.63, 3.8) is 0 Å². The Kier molecular flexibility index (Phi) is 3.85. The minimum absolute atomic E-state index is 0.300. The molecule has 2 aromatic carbocycles. The Morgan fingerprint density at radius 1 is 1.00 bits per heavy atom. The first-order valence-corrected chi connectivity index (χ1v) is 7.01. The molecule has 2 aromatic rings. The lowest BCUT2D eigenvalue weighted by Gasteiger charge is -2.09. The molecule has 9 heteroatoms. The predicted octanol–water partition coefficient (Wildman–Crippen LogP) is 2.67. The number of rotatable bonds is 4. The number of nitrogens with one attached hydrogen (secondary N) is 1. The van der Waals surface area contributed by atoms with Gasteiger partial charge in [-0.3, -0.25) is 14.8 Å². The highest BCUT2D eigenvalue weighted by Crippen LogP contribution is 2.23. The molecule has 2 rings (SSSR count). The van der Waals surface area contributed by atoms with Crippen molar-refractivity contribution in [3.05, 3.63) is 64.2 Å². The molecule has 0 fully saturated rings. The van der Waals surface area contributed by atoms with Gasteiger partial charge in [0.25, 0.3) is 15.7 Å². The maximum absolute atomic E-state index is 13.4. The molecule has 0 unspecified atom stereocenters. The zero-order valence-electron chi connectivity index (χ0n) is 10.3. The molecular weight excluding hydrogens is 306 g/mol. The molecule has 0 aromatic heterocycles. The van der Waals surface area contributed by atoms with E-state index in [9.17, 15) is 27.3 Å². The summed E-state index contributed by atoms with van der Waals surface area (Å²) in [5.41, 5.74) is -1.11. The van der Waals surface area contributed by atoms with Crippen LogP contribution >= 0.6 is 0 Å². The van der Waals surface area contributed by atoms with Crippen LogP contribution < -0.4 is 4.72 Å². The number of benzene rings is 2. The van der Waals surface area contributed by atoms with Gasteiger partial charge in [0, 0.05) is 12.1 Å². The Labute approximate surface area is 118 Å². The normalized spacial score (nSPS) is 11.1. The number of halogens is 2. The Morgan fingerprint density at radius 3 is 2.00 bits per heavy atom. The SMILES string of the molecule is O=[N+]([O-])c1ccc(S(=O)(=O)Nc2c(F)cccc2F)cc1. The fourth-order valence-corrected chi connectivity index (χ4v) is 2.61. The number of non-ortho nitro benzene ring substituents is 1. The van der Waals surface area contributed by atoms with Gasteiger partial charge >= 0.3 is 0 Å². The summed E-state index contributed by atoms with van der Waals surface area (Å²) in [4.78, 5) is 9.44. The smallest absolute Gasteiger partial charge is 0.269 e. The van der Waals surface area contributed by atoms with Gasteiger partial charge in [0.15, 0.2) is 0 Å². The van der Waals surface area contributed by atoms with E-state index < -0.39 is 32.3 Å². The Morgan fingerprint density at radius 2 is 1.52 bits per heavy atom. The number of hydrogen-bond acceptors (Lipinski definition) is 4. The molecule has 21 heavy (non-hydrogen) atoms. The first-order valence-electron chi connectivity index (χ1n) is 5.52. The van der Waals surface area contributed by atoms with E-state index >= 15 is 0 Å². The van der Waals surface area contributed by atoms with Crippen molar-refractivity contribution in [3.8, 4) is 0 Å². The molecule has 6 nitrogen and oxygen atoms in total. The van der Waals surface area contributed by atoms with Gasteiger partial charge in [-0.25, -0.2) is 17.2 Å². The summed E-state index contributed by atoms with van der Waals surface area (Å²) < 4.78 is 52.5. The minimum Gasteiger partial charge on any atom is -0.274 e. The highest BCUT2D eigenvalue weighted by atomic mass is 32.2. The maximum atomic E-state index is 13.4. The van der Waals surface area contributed by atoms with Crippen LogP contribution in [0.3, 0.4) is 0 Å². The summed E-state index contributed by atoms with van der Waals surface area (Å²) in [6.07, 6.45) is 0. The van der Waals surface area contributed by atoms with Crippen LogP contribution in [-0.2, 0) is 10.0 Å². The van der Waals surface area contributed by atoms with Crippen LogP contribution in [0.25, 0.3) is 0 Å². The molecule has 0 aliphatic heterocycles. The molecule has 0 atom stereocenters. The monoisotopic (exact) mass is 314 g/mol. The van der Waals surface area contributed by atoms with E-state index in [-0.39, 0.29) is 10.6 Å². The van der Waals surface area contributed by atoms with E-state index in [0.29, 0.717) is 0 Å². The van der Waals surface area contributed by atoms with Crippen molar-refractivity contribution in [2.24, 2.45) is 0 Å². The lowest BCUT2D eigenvalue weighted by Crippen LogP contribution is -2.15. The van der Waals surface area contributed by atoms with Crippen LogP contribution in [0, 0.1) is 21.7 Å². The van der Waals surface area contributed by atoms with Gasteiger partial charge in [-0.1, -0.05) is 6.07 Å². The second-order valence-corrected chi connectivity index (χ2v) is 5.64. The lowest BCUT2D eigenvalue weighted by molar-refractivity contribution is -0.384. The molecule has 0 heterocycles. The molecule has 0 radical (unpaired) electrons. The van der Waals surface area contributed by atoms with Crippen LogP contribution in [0.15, 0.2) is 47.4 Å². The average Bonchev–Trinajstić information content (AvgIpc) is 2.43. The Hall–Kier alpha value is -2.55. The van der Waals surface area contributed by atoms with Gasteiger partial charge in [-0.2, -0.15) is 0 Å². The molecule has 110 valence electrons. The number of anilines is 1. The van der Waals surface area contributed by atoms with Crippen LogP contribution in [0.4, 0.5) is 20.2 Å². The predicted molar refractivity (Wildman–Crippen MR) is 70.3 cm³/mol. The topological polar surface area (TPSA) is 89.3 Å². The van der Waals surface area contributed by atoms with Gasteiger partial charge in [-0.15, -0.1) is 0 Å². The second kappa shape index (κ2) is 5.44. The summed E-state index contributed by atoms with van der Waals surface area (Å²) in [6.45, 7) is 0. The van der Waals surface area contributed by atoms with E-state index in [1.54, 1.807) is 4.72 Å². The summed E-state index contributed by atoms with van der Waals surface area (Å²) in [6, 6.07) is 6.79. The van der Waals surface area contributed by atoms with Crippen molar-refractivity contribution in [2.75, 3.05) is 4.72 Å². The van der Waals surface area contributed by atoms with Crippen LogP contribution in [0.1, 0.15) is 0 Å². The average molecular weight is 314 g/mol. The number of nitro groups is 1. The van der Waals surface area contributed by atoms with E-state index in [0.717, 1.165) is 42.5 Å². The van der Waals surface area contributed by atoms with Gasteiger partial charge in [0.2, 0.25) is 0 Å². The summed E-state index contributed by atoms with van der Waals surface area (Å²) in [5.74, 6) is -2.14. The van der Waals surface area contributed by atoms with Crippen molar-refractivity contribution >= 4 is 21.4 Å². The quantitative estimate of drug-likeness (QED) is 0.694. The van der Waals surface area contributed by atoms with Gasteiger partial charge in [-0.05, 0) is 24.3 Å². The second-order valence-electron chi connectivity index (χ2n) is 3.95. The summed E-state index contributed by atoms with van der Waals surface area (Å²) >= 11 is 0. The third-order valence-corrected chi connectivity index (χ3v) is 3.92. The number of para-hydroxylation sites is 1. The van der Waals surface area contributed by atoms with Crippen LogP contribution in [0.2, 0.25) is 0 Å². The highest BCUT2D eigenvalue weighted by Gasteiger charge is 2.19. The molecule has 1 N–H and O–H groups in total. The zero-order chi connectivity index (χ0) is 15.6. The minimum atomic E-state index is -4.25. The van der Waals surface area contributed by atoms with Gasteiger partial charge in [0.1, 0.15) is 17.3 Å². The third-order valence-electron chi connectivity index (χ3n) is 2.56. The fourth-order valence-electron chi connectivity index (χ4n) is 1.54. The molecule has 0 bridgehead atoms. The van der Waals surface area contributed by atoms with Gasteiger partial charge < -0.3 is 0 Å². The van der Waals surface area contributed by atoms with E-state index in [2.05, 4.69) is 0 Å². The number of nitro benzene ring substituents is 1. The lowest BCUT2D eigenvalue weighted by atomic mass is 10.3. The molecule has 0 aliphatic rings. The largest absolute Gasteiger partial charge is 0.274 e. The number of nitrogens with zero attached hydrogens (tertiary/aromatic N) is 1. The van der Waals surface area contributed by atoms with Crippen LogP contribution in [0.5, 0.6) is 0 Å². The Balaban J connectivity index is 2.36. The third kappa shape index (κ3) is 3.14. The molecule has 0 saturated carbocycles. The summed E-state index contributed by atoms with van der Waals surface area (Å²) in [7, 11) is -4.25. The fraction of sp³-hybridized carbons (Fsp3) is 0. The molecule has 0 saturated heterocycles. The van der Waals surface area contributed by atoms with Crippen molar-refractivity contribution in [2.45, 2.75) is 4.90 Å². The Bertz CT molecular complexity index is 771. The molecule has 0 aliphatic carbocycles. The first-order chi connectivity index (χ1) is 9.81. The number of hydrogen-bond donors (Lipinski definition) is 1. The van der Waals surface area contributed by atoms with Gasteiger partial charge in [0.05, 0.1) is 9.82 Å². The van der Waals surface area contributed by atoms with Crippen molar-refractivity contribution in [1.82, 2.24) is 0 Å². The van der Waals surface area contributed by atoms with Crippen LogP contribution in [-0.4, -0.2) is 13.3 Å². The van der Waals surface area contributed by atoms with E-state index in [4.69, 9.17) is 0 Å². The summed E-state index contributed by atoms with van der Waals surface area (Å²) in [5, 5.41) is 10.5.